The summed E-state index contributed by atoms with van der Waals surface area (Å²) < 4.78 is 0. The quantitative estimate of drug-likeness (QED) is 0.753. The predicted octanol–water partition coefficient (Wildman–Crippen LogP) is 4.30. The maximum Gasteiger partial charge on any atom is 0.0105 e. The monoisotopic (exact) mass is 294 g/mol. The molecule has 21 heavy (non-hydrogen) atoms. The summed E-state index contributed by atoms with van der Waals surface area (Å²) in [5.41, 5.74) is 0. The molecule has 0 amide bonds. The molecule has 124 valence electrons. The van der Waals surface area contributed by atoms with E-state index in [1.54, 1.807) is 0 Å². The van der Waals surface area contributed by atoms with Crippen LogP contribution in [-0.2, 0) is 0 Å². The molecule has 0 saturated heterocycles. The number of hydrogen-bond donors (Lipinski definition) is 1. The second kappa shape index (κ2) is 9.15. The fourth-order valence-electron chi connectivity index (χ4n) is 4.90. The summed E-state index contributed by atoms with van der Waals surface area (Å²) in [7, 11) is 4.53. The van der Waals surface area contributed by atoms with Crippen LogP contribution in [0.4, 0.5) is 0 Å². The minimum atomic E-state index is 0.756. The van der Waals surface area contributed by atoms with E-state index < -0.39 is 0 Å². The van der Waals surface area contributed by atoms with Crippen molar-refractivity contribution in [3.8, 4) is 0 Å². The Bertz CT molecular complexity index is 273. The molecule has 2 aliphatic rings. The van der Waals surface area contributed by atoms with E-state index in [0.29, 0.717) is 0 Å². The first-order valence-electron chi connectivity index (χ1n) is 9.58. The van der Waals surface area contributed by atoms with Crippen molar-refractivity contribution in [1.29, 1.82) is 0 Å². The summed E-state index contributed by atoms with van der Waals surface area (Å²) in [6.07, 6.45) is 14.5. The summed E-state index contributed by atoms with van der Waals surface area (Å²) in [5.74, 6) is 2.84. The molecule has 0 heterocycles. The number of nitrogens with zero attached hydrogens (tertiary/aromatic N) is 1. The first-order valence-corrected chi connectivity index (χ1v) is 9.58. The van der Waals surface area contributed by atoms with E-state index in [0.717, 1.165) is 23.8 Å². The first kappa shape index (κ1) is 17.3. The Hall–Kier alpha value is -0.0800. The van der Waals surface area contributed by atoms with Gasteiger partial charge in [0.2, 0.25) is 0 Å². The van der Waals surface area contributed by atoms with Crippen LogP contribution >= 0.6 is 0 Å². The van der Waals surface area contributed by atoms with Crippen LogP contribution in [0.25, 0.3) is 0 Å². The van der Waals surface area contributed by atoms with E-state index in [-0.39, 0.29) is 0 Å². The molecule has 0 aromatic rings. The molecule has 2 rings (SSSR count). The zero-order valence-corrected chi connectivity index (χ0v) is 14.7. The zero-order chi connectivity index (χ0) is 15.1. The number of nitrogens with one attached hydrogen (secondary N) is 1. The lowest BCUT2D eigenvalue weighted by molar-refractivity contribution is 0.137. The van der Waals surface area contributed by atoms with Crippen molar-refractivity contribution in [2.24, 2.45) is 17.8 Å². The first-order chi connectivity index (χ1) is 10.2. The topological polar surface area (TPSA) is 15.3 Å². The molecular weight excluding hydrogens is 256 g/mol. The molecule has 3 atom stereocenters. The van der Waals surface area contributed by atoms with Crippen molar-refractivity contribution in [2.75, 3.05) is 27.2 Å². The van der Waals surface area contributed by atoms with E-state index in [1.807, 2.05) is 0 Å². The Kier molecular flexibility index (Phi) is 7.53. The van der Waals surface area contributed by atoms with E-state index in [4.69, 9.17) is 0 Å². The lowest BCUT2D eigenvalue weighted by Gasteiger charge is -2.39. The SMILES string of the molecule is CCCC1CCC(NC)C(CN(C)CC2CCCCC2)C1. The third-order valence-electron chi connectivity index (χ3n) is 6.00. The van der Waals surface area contributed by atoms with Crippen LogP contribution < -0.4 is 5.32 Å². The van der Waals surface area contributed by atoms with Gasteiger partial charge in [0.15, 0.2) is 0 Å². The number of hydrogen-bond acceptors (Lipinski definition) is 2. The van der Waals surface area contributed by atoms with Gasteiger partial charge >= 0.3 is 0 Å². The van der Waals surface area contributed by atoms with Crippen LogP contribution in [0.15, 0.2) is 0 Å². The van der Waals surface area contributed by atoms with Gasteiger partial charge < -0.3 is 10.2 Å². The highest BCUT2D eigenvalue weighted by atomic mass is 15.1. The average molecular weight is 295 g/mol. The standard InChI is InChI=1S/C19H38N2/c1-4-8-16-11-12-19(20-2)18(13-16)15-21(3)14-17-9-6-5-7-10-17/h16-20H,4-15H2,1-3H3. The molecule has 0 bridgehead atoms. The van der Waals surface area contributed by atoms with Gasteiger partial charge in [0.1, 0.15) is 0 Å². The van der Waals surface area contributed by atoms with Gasteiger partial charge in [-0.3, -0.25) is 0 Å². The van der Waals surface area contributed by atoms with E-state index >= 15 is 0 Å². The molecule has 2 saturated carbocycles. The van der Waals surface area contributed by atoms with Crippen LogP contribution in [0.1, 0.15) is 71.1 Å². The van der Waals surface area contributed by atoms with Crippen molar-refractivity contribution in [3.63, 3.8) is 0 Å². The molecular formula is C19H38N2. The van der Waals surface area contributed by atoms with Crippen molar-refractivity contribution < 1.29 is 0 Å². The van der Waals surface area contributed by atoms with Crippen molar-refractivity contribution in [2.45, 2.75) is 77.2 Å². The number of rotatable bonds is 7. The Morgan fingerprint density at radius 3 is 2.38 bits per heavy atom. The van der Waals surface area contributed by atoms with Crippen LogP contribution in [-0.4, -0.2) is 38.1 Å². The normalized spacial score (nSPS) is 31.7. The van der Waals surface area contributed by atoms with Crippen molar-refractivity contribution in [3.05, 3.63) is 0 Å². The maximum atomic E-state index is 3.60. The lowest BCUT2D eigenvalue weighted by atomic mass is 9.76. The molecule has 2 nitrogen and oxygen atoms in total. The van der Waals surface area contributed by atoms with Gasteiger partial charge in [-0.15, -0.1) is 0 Å². The third-order valence-corrected chi connectivity index (χ3v) is 6.00. The van der Waals surface area contributed by atoms with Gasteiger partial charge in [0, 0.05) is 19.1 Å². The van der Waals surface area contributed by atoms with Crippen molar-refractivity contribution >= 4 is 0 Å². The fourth-order valence-corrected chi connectivity index (χ4v) is 4.90. The van der Waals surface area contributed by atoms with Crippen LogP contribution in [0, 0.1) is 17.8 Å². The molecule has 0 radical (unpaired) electrons. The molecule has 2 aliphatic carbocycles. The largest absolute Gasteiger partial charge is 0.317 e. The Labute approximate surface area is 133 Å². The Balaban J connectivity index is 1.79. The van der Waals surface area contributed by atoms with Gasteiger partial charge in [0.05, 0.1) is 0 Å². The van der Waals surface area contributed by atoms with Crippen LogP contribution in [0.2, 0.25) is 0 Å². The average Bonchev–Trinajstić information content (AvgIpc) is 2.49. The predicted molar refractivity (Wildman–Crippen MR) is 92.7 cm³/mol. The van der Waals surface area contributed by atoms with E-state index in [9.17, 15) is 0 Å². The minimum Gasteiger partial charge on any atom is -0.317 e. The Morgan fingerprint density at radius 1 is 0.952 bits per heavy atom. The van der Waals surface area contributed by atoms with Crippen molar-refractivity contribution in [1.82, 2.24) is 10.2 Å². The Morgan fingerprint density at radius 2 is 1.71 bits per heavy atom. The van der Waals surface area contributed by atoms with Crippen LogP contribution in [0.5, 0.6) is 0 Å². The molecule has 0 aromatic carbocycles. The van der Waals surface area contributed by atoms with Gasteiger partial charge in [-0.25, -0.2) is 0 Å². The molecule has 0 spiro atoms. The maximum absolute atomic E-state index is 3.60. The minimum absolute atomic E-state index is 0.756. The summed E-state index contributed by atoms with van der Waals surface area (Å²) in [6, 6.07) is 0.756. The summed E-state index contributed by atoms with van der Waals surface area (Å²) >= 11 is 0. The van der Waals surface area contributed by atoms with Gasteiger partial charge in [-0.05, 0) is 64.0 Å². The van der Waals surface area contributed by atoms with Gasteiger partial charge in [-0.2, -0.15) is 0 Å². The zero-order valence-electron chi connectivity index (χ0n) is 14.7. The molecule has 0 aromatic heterocycles. The molecule has 2 heteroatoms. The third kappa shape index (κ3) is 5.56. The highest BCUT2D eigenvalue weighted by Crippen LogP contribution is 2.33. The summed E-state index contributed by atoms with van der Waals surface area (Å²) in [5, 5.41) is 3.60. The highest BCUT2D eigenvalue weighted by molar-refractivity contribution is 4.86. The highest BCUT2D eigenvalue weighted by Gasteiger charge is 2.30. The molecule has 1 N–H and O–H groups in total. The van der Waals surface area contributed by atoms with E-state index in [1.165, 1.54) is 77.3 Å². The molecule has 0 aliphatic heterocycles. The van der Waals surface area contributed by atoms with E-state index in [2.05, 4.69) is 31.2 Å². The van der Waals surface area contributed by atoms with Crippen LogP contribution in [0.3, 0.4) is 0 Å². The lowest BCUT2D eigenvalue weighted by Crippen LogP contribution is -2.44. The molecule has 2 fully saturated rings. The van der Waals surface area contributed by atoms with Gasteiger partial charge in [0.25, 0.3) is 0 Å². The fraction of sp³-hybridized carbons (Fsp3) is 1.00. The summed E-state index contributed by atoms with van der Waals surface area (Å²) in [6.45, 7) is 4.99. The van der Waals surface area contributed by atoms with Gasteiger partial charge in [-0.1, -0.05) is 39.0 Å². The second-order valence-electron chi connectivity index (χ2n) is 7.85. The molecule has 3 unspecified atom stereocenters. The smallest absolute Gasteiger partial charge is 0.0105 e. The second-order valence-corrected chi connectivity index (χ2v) is 7.85. The summed E-state index contributed by atoms with van der Waals surface area (Å²) in [4.78, 5) is 2.65.